The van der Waals surface area contributed by atoms with Gasteiger partial charge in [-0.15, -0.1) is 0 Å². The summed E-state index contributed by atoms with van der Waals surface area (Å²) in [5.41, 5.74) is 0. The van der Waals surface area contributed by atoms with Gasteiger partial charge in [0.2, 0.25) is 5.91 Å². The van der Waals surface area contributed by atoms with Crippen molar-refractivity contribution in [3.63, 3.8) is 0 Å². The van der Waals surface area contributed by atoms with Gasteiger partial charge in [0.25, 0.3) is 0 Å². The molecule has 0 aromatic heterocycles. The molecule has 0 rings (SSSR count). The van der Waals surface area contributed by atoms with Crippen LogP contribution < -0.4 is 5.32 Å². The van der Waals surface area contributed by atoms with Gasteiger partial charge >= 0.3 is 5.97 Å². The summed E-state index contributed by atoms with van der Waals surface area (Å²) < 4.78 is 5.47. The van der Waals surface area contributed by atoms with Gasteiger partial charge in [0, 0.05) is 12.8 Å². The van der Waals surface area contributed by atoms with E-state index in [9.17, 15) is 19.8 Å². The van der Waals surface area contributed by atoms with Crippen molar-refractivity contribution >= 4 is 11.9 Å². The van der Waals surface area contributed by atoms with Crippen LogP contribution in [0.15, 0.2) is 0 Å². The first-order valence-corrected chi connectivity index (χ1v) is 25.8. The summed E-state index contributed by atoms with van der Waals surface area (Å²) in [5, 5.41) is 23.1. The maximum Gasteiger partial charge on any atom is 0.305 e. The second-order valence-corrected chi connectivity index (χ2v) is 17.9. The van der Waals surface area contributed by atoms with Gasteiger partial charge in [-0.2, -0.15) is 0 Å². The van der Waals surface area contributed by atoms with Crippen LogP contribution in [0.25, 0.3) is 0 Å². The normalized spacial score (nSPS) is 12.6. The van der Waals surface area contributed by atoms with Crippen LogP contribution in [-0.4, -0.2) is 47.4 Å². The molecule has 0 aromatic carbocycles. The number of amides is 1. The van der Waals surface area contributed by atoms with E-state index in [1.54, 1.807) is 0 Å². The number of carbonyl (C=O) groups excluding carboxylic acids is 2. The first kappa shape index (κ1) is 55.9. The molecule has 0 spiro atoms. The Kier molecular flexibility index (Phi) is 46.6. The minimum Gasteiger partial charge on any atom is -0.466 e. The number of esters is 1. The van der Waals surface area contributed by atoms with Crippen molar-refractivity contribution in [3.8, 4) is 0 Å². The van der Waals surface area contributed by atoms with Gasteiger partial charge in [-0.05, 0) is 25.7 Å². The minimum atomic E-state index is -0.664. The number of aliphatic hydroxyl groups excluding tert-OH is 2. The predicted molar refractivity (Wildman–Crippen MR) is 246 cm³/mol. The van der Waals surface area contributed by atoms with E-state index < -0.39 is 12.1 Å². The molecule has 6 heteroatoms. The summed E-state index contributed by atoms with van der Waals surface area (Å²) in [6, 6.07) is -0.541. The van der Waals surface area contributed by atoms with Gasteiger partial charge in [0.15, 0.2) is 0 Å². The van der Waals surface area contributed by atoms with E-state index in [2.05, 4.69) is 19.2 Å². The number of hydrogen-bond acceptors (Lipinski definition) is 5. The summed E-state index contributed by atoms with van der Waals surface area (Å²) in [4.78, 5) is 24.4. The molecule has 0 radical (unpaired) electrons. The predicted octanol–water partition coefficient (Wildman–Crippen LogP) is 15.2. The molecule has 0 aliphatic carbocycles. The van der Waals surface area contributed by atoms with E-state index in [-0.39, 0.29) is 18.5 Å². The van der Waals surface area contributed by atoms with E-state index in [0.29, 0.717) is 25.9 Å². The lowest BCUT2D eigenvalue weighted by Crippen LogP contribution is -2.45. The van der Waals surface area contributed by atoms with Crippen molar-refractivity contribution in [2.75, 3.05) is 13.2 Å². The van der Waals surface area contributed by atoms with Crippen LogP contribution in [-0.2, 0) is 14.3 Å². The van der Waals surface area contributed by atoms with Crippen LogP contribution in [0.4, 0.5) is 0 Å². The van der Waals surface area contributed by atoms with Crippen LogP contribution in [0, 0.1) is 0 Å². The van der Waals surface area contributed by atoms with Gasteiger partial charge < -0.3 is 20.3 Å². The molecule has 2 unspecified atom stereocenters. The highest BCUT2D eigenvalue weighted by molar-refractivity contribution is 5.76. The van der Waals surface area contributed by atoms with Crippen molar-refractivity contribution in [2.45, 2.75) is 302 Å². The number of unbranched alkanes of at least 4 members (excludes halogenated alkanes) is 37. The minimum absolute atomic E-state index is 0.00779. The molecule has 0 aliphatic rings. The molecule has 0 aliphatic heterocycles. The molecule has 0 bridgehead atoms. The first-order valence-electron chi connectivity index (χ1n) is 25.8. The van der Waals surface area contributed by atoms with Gasteiger partial charge in [-0.1, -0.05) is 251 Å². The van der Waals surface area contributed by atoms with Crippen molar-refractivity contribution in [3.05, 3.63) is 0 Å². The number of nitrogens with one attached hydrogen (secondary N) is 1. The number of ether oxygens (including phenoxy) is 1. The van der Waals surface area contributed by atoms with Crippen LogP contribution >= 0.6 is 0 Å². The highest BCUT2D eigenvalue weighted by atomic mass is 16.5. The van der Waals surface area contributed by atoms with Crippen LogP contribution in [0.3, 0.4) is 0 Å². The Hall–Kier alpha value is -1.14. The van der Waals surface area contributed by atoms with Gasteiger partial charge in [0.1, 0.15) is 0 Å². The Labute approximate surface area is 356 Å². The van der Waals surface area contributed by atoms with Crippen LogP contribution in [0.5, 0.6) is 0 Å². The first-order chi connectivity index (χ1) is 28.0. The summed E-state index contributed by atoms with van der Waals surface area (Å²) >= 11 is 0. The fourth-order valence-electron chi connectivity index (χ4n) is 8.17. The lowest BCUT2D eigenvalue weighted by atomic mass is 10.0. The van der Waals surface area contributed by atoms with E-state index in [1.165, 1.54) is 218 Å². The highest BCUT2D eigenvalue weighted by Gasteiger charge is 2.20. The molecular formula is C51H101NO5. The average Bonchev–Trinajstić information content (AvgIpc) is 3.21. The van der Waals surface area contributed by atoms with E-state index in [4.69, 9.17) is 4.74 Å². The zero-order valence-corrected chi connectivity index (χ0v) is 38.6. The Morgan fingerprint density at radius 3 is 1.07 bits per heavy atom. The third-order valence-corrected chi connectivity index (χ3v) is 12.2. The molecule has 0 aromatic rings. The second-order valence-electron chi connectivity index (χ2n) is 17.9. The third kappa shape index (κ3) is 44.2. The Morgan fingerprint density at radius 2 is 0.719 bits per heavy atom. The van der Waals surface area contributed by atoms with Gasteiger partial charge in [-0.3, -0.25) is 9.59 Å². The summed E-state index contributed by atoms with van der Waals surface area (Å²) in [6.07, 6.45) is 52.2. The fraction of sp³-hybridized carbons (Fsp3) is 0.961. The topological polar surface area (TPSA) is 95.9 Å². The largest absolute Gasteiger partial charge is 0.466 e. The third-order valence-electron chi connectivity index (χ3n) is 12.2. The monoisotopic (exact) mass is 808 g/mol. The number of aliphatic hydroxyl groups is 2. The van der Waals surface area contributed by atoms with Crippen molar-refractivity contribution in [2.24, 2.45) is 0 Å². The Bertz CT molecular complexity index is 806. The zero-order valence-electron chi connectivity index (χ0n) is 38.6. The van der Waals surface area contributed by atoms with Crippen molar-refractivity contribution < 1.29 is 24.5 Å². The summed E-state index contributed by atoms with van der Waals surface area (Å²) in [6.45, 7) is 4.93. The molecule has 1 amide bonds. The molecule has 0 saturated carbocycles. The van der Waals surface area contributed by atoms with Crippen LogP contribution in [0.2, 0.25) is 0 Å². The number of rotatable bonds is 48. The van der Waals surface area contributed by atoms with E-state index in [0.717, 1.165) is 38.5 Å². The van der Waals surface area contributed by atoms with Gasteiger partial charge in [-0.25, -0.2) is 0 Å². The van der Waals surface area contributed by atoms with Crippen molar-refractivity contribution in [1.82, 2.24) is 5.32 Å². The SMILES string of the molecule is CCCCCCCCCCCCCCCCC(=O)OCCCCCCCCCCCCCCCCCCCC(=O)NC(CO)C(O)CCCCCCCCCCC. The maximum atomic E-state index is 12.4. The fourth-order valence-corrected chi connectivity index (χ4v) is 8.17. The lowest BCUT2D eigenvalue weighted by Gasteiger charge is -2.22. The molecule has 57 heavy (non-hydrogen) atoms. The molecule has 0 heterocycles. The standard InChI is InChI=1S/C51H101NO5/c1-3-5-7-9-11-13-14-15-22-25-29-33-37-41-45-51(56)57-46-42-38-34-30-26-23-20-18-16-17-19-21-24-28-32-36-40-44-50(55)52-48(47-53)49(54)43-39-35-31-27-12-10-8-6-4-2/h48-49,53-54H,3-47H2,1-2H3,(H,52,55). The molecule has 2 atom stereocenters. The maximum absolute atomic E-state index is 12.4. The smallest absolute Gasteiger partial charge is 0.305 e. The molecular weight excluding hydrogens is 707 g/mol. The van der Waals surface area contributed by atoms with Crippen LogP contribution in [0.1, 0.15) is 290 Å². The Balaban J connectivity index is 3.37. The Morgan fingerprint density at radius 1 is 0.421 bits per heavy atom. The summed E-state index contributed by atoms with van der Waals surface area (Å²) in [5.74, 6) is -0.0338. The highest BCUT2D eigenvalue weighted by Crippen LogP contribution is 2.17. The molecule has 0 saturated heterocycles. The van der Waals surface area contributed by atoms with E-state index in [1.807, 2.05) is 0 Å². The number of carbonyl (C=O) groups is 2. The molecule has 340 valence electrons. The molecule has 3 N–H and O–H groups in total. The lowest BCUT2D eigenvalue weighted by molar-refractivity contribution is -0.143. The second kappa shape index (κ2) is 47.5. The molecule has 0 fully saturated rings. The van der Waals surface area contributed by atoms with Crippen molar-refractivity contribution in [1.29, 1.82) is 0 Å². The van der Waals surface area contributed by atoms with Gasteiger partial charge in [0.05, 0.1) is 25.4 Å². The zero-order chi connectivity index (χ0) is 41.5. The average molecular weight is 808 g/mol. The quantitative estimate of drug-likeness (QED) is 0.0420. The summed E-state index contributed by atoms with van der Waals surface area (Å²) in [7, 11) is 0. The van der Waals surface area contributed by atoms with E-state index >= 15 is 0 Å². The molecule has 6 nitrogen and oxygen atoms in total. The number of hydrogen-bond donors (Lipinski definition) is 3.